The molecule has 1 unspecified atom stereocenters. The molecule has 1 saturated heterocycles. The molecule has 1 atom stereocenters. The third-order valence-electron chi connectivity index (χ3n) is 3.01. The lowest BCUT2D eigenvalue weighted by Crippen LogP contribution is -2.37. The Bertz CT molecular complexity index is 642. The summed E-state index contributed by atoms with van der Waals surface area (Å²) >= 11 is 0. The first kappa shape index (κ1) is 14.4. The first-order valence-corrected chi connectivity index (χ1v) is 6.00. The number of carboxylic acid groups (broad SMARTS) is 1. The van der Waals surface area contributed by atoms with Gasteiger partial charge in [-0.3, -0.25) is 19.7 Å². The highest BCUT2D eigenvalue weighted by atomic mass is 16.6. The second-order valence-corrected chi connectivity index (χ2v) is 4.44. The molecular formula is C12H11N3O6. The van der Waals surface area contributed by atoms with Crippen LogP contribution in [0.3, 0.4) is 0 Å². The third kappa shape index (κ3) is 3.14. The summed E-state index contributed by atoms with van der Waals surface area (Å²) in [6, 6.07) is 2.29. The van der Waals surface area contributed by atoms with E-state index in [-0.39, 0.29) is 29.3 Å². The molecule has 2 amide bonds. The molecule has 9 heteroatoms. The second kappa shape index (κ2) is 5.57. The first-order chi connectivity index (χ1) is 9.88. The molecule has 1 aliphatic heterocycles. The lowest BCUT2D eigenvalue weighted by atomic mass is 10.1. The summed E-state index contributed by atoms with van der Waals surface area (Å²) < 4.78 is 0. The van der Waals surface area contributed by atoms with Gasteiger partial charge in [-0.15, -0.1) is 0 Å². The maximum Gasteiger partial charge on any atom is 0.337 e. The standard InChI is InChI=1S/C12H11N3O6/c16-10-4-3-8(13-10)11(17)14-9-5-6(15(20)21)1-2-7(9)12(18)19/h1-2,5,8H,3-4H2,(H,13,16)(H,14,17)(H,18,19). The van der Waals surface area contributed by atoms with Crippen LogP contribution in [-0.2, 0) is 9.59 Å². The summed E-state index contributed by atoms with van der Waals surface area (Å²) in [5, 5.41) is 24.5. The van der Waals surface area contributed by atoms with E-state index in [2.05, 4.69) is 10.6 Å². The highest BCUT2D eigenvalue weighted by molar-refractivity contribution is 6.04. The maximum atomic E-state index is 11.9. The van der Waals surface area contributed by atoms with Crippen LogP contribution in [-0.4, -0.2) is 33.9 Å². The number of anilines is 1. The van der Waals surface area contributed by atoms with Crippen molar-refractivity contribution in [3.63, 3.8) is 0 Å². The van der Waals surface area contributed by atoms with Crippen molar-refractivity contribution < 1.29 is 24.4 Å². The summed E-state index contributed by atoms with van der Waals surface area (Å²) in [6.07, 6.45) is 0.501. The summed E-state index contributed by atoms with van der Waals surface area (Å²) in [4.78, 5) is 44.1. The number of nitrogens with one attached hydrogen (secondary N) is 2. The van der Waals surface area contributed by atoms with E-state index in [1.165, 1.54) is 0 Å². The second-order valence-electron chi connectivity index (χ2n) is 4.44. The molecule has 0 radical (unpaired) electrons. The maximum absolute atomic E-state index is 11.9. The van der Waals surface area contributed by atoms with Crippen molar-refractivity contribution in [2.24, 2.45) is 0 Å². The van der Waals surface area contributed by atoms with E-state index in [4.69, 9.17) is 5.11 Å². The Morgan fingerprint density at radius 3 is 2.67 bits per heavy atom. The molecule has 21 heavy (non-hydrogen) atoms. The van der Waals surface area contributed by atoms with Gasteiger partial charge in [0.25, 0.3) is 5.69 Å². The normalized spacial score (nSPS) is 17.1. The summed E-state index contributed by atoms with van der Waals surface area (Å²) in [7, 11) is 0. The number of rotatable bonds is 4. The number of carbonyl (C=O) groups is 3. The summed E-state index contributed by atoms with van der Waals surface area (Å²) in [5.41, 5.74) is -0.785. The molecule has 3 N–H and O–H groups in total. The van der Waals surface area contributed by atoms with Gasteiger partial charge in [-0.25, -0.2) is 4.79 Å². The number of aromatic carboxylic acids is 1. The minimum Gasteiger partial charge on any atom is -0.478 e. The van der Waals surface area contributed by atoms with Gasteiger partial charge in [-0.2, -0.15) is 0 Å². The van der Waals surface area contributed by atoms with E-state index in [1.807, 2.05) is 0 Å². The Labute approximate surface area is 118 Å². The van der Waals surface area contributed by atoms with Gasteiger partial charge in [0.15, 0.2) is 0 Å². The highest BCUT2D eigenvalue weighted by Gasteiger charge is 2.28. The van der Waals surface area contributed by atoms with Crippen molar-refractivity contribution in [3.8, 4) is 0 Å². The van der Waals surface area contributed by atoms with Crippen LogP contribution in [0.25, 0.3) is 0 Å². The number of nitro groups is 1. The molecule has 1 heterocycles. The zero-order valence-corrected chi connectivity index (χ0v) is 10.7. The number of non-ortho nitro benzene ring substituents is 1. The number of hydrogen-bond acceptors (Lipinski definition) is 5. The average molecular weight is 293 g/mol. The van der Waals surface area contributed by atoms with Crippen molar-refractivity contribution in [1.82, 2.24) is 5.32 Å². The predicted octanol–water partition coefficient (Wildman–Crippen LogP) is 0.510. The van der Waals surface area contributed by atoms with E-state index < -0.39 is 22.8 Å². The van der Waals surface area contributed by atoms with Crippen LogP contribution < -0.4 is 10.6 Å². The average Bonchev–Trinajstić information content (AvgIpc) is 2.85. The molecular weight excluding hydrogens is 282 g/mol. The number of nitrogens with zero attached hydrogens (tertiary/aromatic N) is 1. The number of amides is 2. The molecule has 110 valence electrons. The van der Waals surface area contributed by atoms with E-state index in [1.54, 1.807) is 0 Å². The monoisotopic (exact) mass is 293 g/mol. The fraction of sp³-hybridized carbons (Fsp3) is 0.250. The molecule has 0 aliphatic carbocycles. The molecule has 9 nitrogen and oxygen atoms in total. The van der Waals surface area contributed by atoms with Crippen molar-refractivity contribution in [2.75, 3.05) is 5.32 Å². The largest absolute Gasteiger partial charge is 0.478 e. The van der Waals surface area contributed by atoms with Gasteiger partial charge in [0.2, 0.25) is 11.8 Å². The number of hydrogen-bond donors (Lipinski definition) is 3. The highest BCUT2D eigenvalue weighted by Crippen LogP contribution is 2.23. The molecule has 2 rings (SSSR count). The van der Waals surface area contributed by atoms with E-state index in [9.17, 15) is 24.5 Å². The minimum absolute atomic E-state index is 0.178. The van der Waals surface area contributed by atoms with Crippen LogP contribution in [0.2, 0.25) is 0 Å². The topological polar surface area (TPSA) is 139 Å². The molecule has 1 aromatic carbocycles. The molecule has 0 aromatic heterocycles. The van der Waals surface area contributed by atoms with Crippen molar-refractivity contribution in [2.45, 2.75) is 18.9 Å². The van der Waals surface area contributed by atoms with Crippen LogP contribution in [0.15, 0.2) is 18.2 Å². The Morgan fingerprint density at radius 1 is 1.43 bits per heavy atom. The molecule has 0 bridgehead atoms. The number of benzene rings is 1. The fourth-order valence-corrected chi connectivity index (χ4v) is 1.97. The third-order valence-corrected chi connectivity index (χ3v) is 3.01. The molecule has 1 aromatic rings. The van der Waals surface area contributed by atoms with Crippen molar-refractivity contribution in [3.05, 3.63) is 33.9 Å². The quantitative estimate of drug-likeness (QED) is 0.546. The van der Waals surface area contributed by atoms with Gasteiger partial charge >= 0.3 is 5.97 Å². The molecule has 1 aliphatic rings. The number of carboxylic acids is 1. The first-order valence-electron chi connectivity index (χ1n) is 6.00. The molecule has 1 fully saturated rings. The summed E-state index contributed by atoms with van der Waals surface area (Å²) in [5.74, 6) is -2.20. The Hall–Kier alpha value is -2.97. The van der Waals surface area contributed by atoms with Crippen LogP contribution >= 0.6 is 0 Å². The van der Waals surface area contributed by atoms with Gasteiger partial charge in [-0.05, 0) is 12.5 Å². The van der Waals surface area contributed by atoms with Gasteiger partial charge in [0, 0.05) is 18.6 Å². The predicted molar refractivity (Wildman–Crippen MR) is 69.9 cm³/mol. The van der Waals surface area contributed by atoms with E-state index in [0.29, 0.717) is 6.42 Å². The fourth-order valence-electron chi connectivity index (χ4n) is 1.97. The van der Waals surface area contributed by atoms with Crippen LogP contribution in [0.1, 0.15) is 23.2 Å². The zero-order valence-electron chi connectivity index (χ0n) is 10.7. The number of carbonyl (C=O) groups excluding carboxylic acids is 2. The summed E-state index contributed by atoms with van der Waals surface area (Å²) in [6.45, 7) is 0. The lowest BCUT2D eigenvalue weighted by molar-refractivity contribution is -0.384. The van der Waals surface area contributed by atoms with Crippen molar-refractivity contribution in [1.29, 1.82) is 0 Å². The van der Waals surface area contributed by atoms with Crippen LogP contribution in [0.4, 0.5) is 11.4 Å². The Kier molecular flexibility index (Phi) is 3.83. The number of nitro benzene ring substituents is 1. The Morgan fingerprint density at radius 2 is 2.14 bits per heavy atom. The van der Waals surface area contributed by atoms with E-state index >= 15 is 0 Å². The molecule has 0 saturated carbocycles. The smallest absolute Gasteiger partial charge is 0.337 e. The van der Waals surface area contributed by atoms with Crippen molar-refractivity contribution >= 4 is 29.2 Å². The van der Waals surface area contributed by atoms with Gasteiger partial charge in [0.05, 0.1) is 16.2 Å². The zero-order chi connectivity index (χ0) is 15.6. The lowest BCUT2D eigenvalue weighted by Gasteiger charge is -2.12. The van der Waals surface area contributed by atoms with Crippen LogP contribution in [0.5, 0.6) is 0 Å². The van der Waals surface area contributed by atoms with E-state index in [0.717, 1.165) is 18.2 Å². The Balaban J connectivity index is 2.26. The SMILES string of the molecule is O=C1CCC(C(=O)Nc2cc([N+](=O)[O-])ccc2C(=O)O)N1. The molecule has 0 spiro atoms. The van der Waals surface area contributed by atoms with Gasteiger partial charge in [-0.1, -0.05) is 0 Å². The van der Waals surface area contributed by atoms with Crippen LogP contribution in [0, 0.1) is 10.1 Å². The van der Waals surface area contributed by atoms with Gasteiger partial charge < -0.3 is 15.7 Å². The minimum atomic E-state index is -1.32. The van der Waals surface area contributed by atoms with Gasteiger partial charge in [0.1, 0.15) is 6.04 Å².